The molecule has 0 saturated carbocycles. The van der Waals surface area contributed by atoms with Gasteiger partial charge in [-0.3, -0.25) is 0 Å². The minimum absolute atomic E-state index is 0. The standard InChI is InChI=1S/C17H15.C4H10N.2ClH.Ti/c1-12-6-5-9-15(12)17-11-10-14-7-3-4-8-16(14)13(17)2;1-2-3-4-5;;;/h3-8,10-11H,2,9H2,1H3;5H,2-4H2,1H3;2*1H;/q2*-1;;;+2/p-2. The van der Waals surface area contributed by atoms with Gasteiger partial charge in [-0.1, -0.05) is 72.7 Å². The van der Waals surface area contributed by atoms with Crippen LogP contribution in [-0.2, 0) is 21.7 Å². The molecule has 134 valence electrons. The van der Waals surface area contributed by atoms with Crippen LogP contribution in [0.5, 0.6) is 0 Å². The fourth-order valence-corrected chi connectivity index (χ4v) is 2.73. The fourth-order valence-electron chi connectivity index (χ4n) is 2.73. The van der Waals surface area contributed by atoms with Crippen LogP contribution >= 0.6 is 0 Å². The maximum absolute atomic E-state index is 6.60. The Kier molecular flexibility index (Phi) is 14.3. The van der Waals surface area contributed by atoms with Crippen LogP contribution < -0.4 is 24.8 Å². The minimum Gasteiger partial charge on any atom is -1.00 e. The third-order valence-electron chi connectivity index (χ3n) is 4.06. The summed E-state index contributed by atoms with van der Waals surface area (Å²) >= 11 is 0. The summed E-state index contributed by atoms with van der Waals surface area (Å²) in [5.74, 6) is 0. The molecule has 0 saturated heterocycles. The molecule has 1 N–H and O–H groups in total. The number of unbranched alkanes of at least 4 members (excludes halogenated alkanes) is 1. The number of rotatable bonds is 3. The van der Waals surface area contributed by atoms with Gasteiger partial charge in [0.15, 0.2) is 0 Å². The van der Waals surface area contributed by atoms with Gasteiger partial charge in [-0.15, -0.1) is 23.1 Å². The normalized spacial score (nSPS) is 11.8. The molecular formula is C21H25Cl2NTi-2. The molecule has 4 heteroatoms. The van der Waals surface area contributed by atoms with Crippen molar-refractivity contribution < 1.29 is 46.5 Å². The molecule has 0 radical (unpaired) electrons. The van der Waals surface area contributed by atoms with E-state index in [9.17, 15) is 0 Å². The van der Waals surface area contributed by atoms with Crippen molar-refractivity contribution in [1.82, 2.24) is 0 Å². The average molecular weight is 410 g/mol. The van der Waals surface area contributed by atoms with E-state index in [0.717, 1.165) is 24.8 Å². The molecule has 0 amide bonds. The Morgan fingerprint density at radius 3 is 2.28 bits per heavy atom. The summed E-state index contributed by atoms with van der Waals surface area (Å²) in [7, 11) is 0. The third kappa shape index (κ3) is 6.85. The fraction of sp³-hybridized carbons (Fsp3) is 0.286. The molecule has 1 aliphatic carbocycles. The molecule has 0 spiro atoms. The van der Waals surface area contributed by atoms with Crippen LogP contribution in [0.1, 0.15) is 44.2 Å². The topological polar surface area (TPSA) is 23.8 Å². The van der Waals surface area contributed by atoms with Crippen molar-refractivity contribution in [2.24, 2.45) is 0 Å². The molecule has 0 heterocycles. The van der Waals surface area contributed by atoms with Gasteiger partial charge < -0.3 is 30.5 Å². The SMILES string of the molecule is CCCC[NH-].[CH2-]c1c(C2=C(C)C=CC2)ccc2ccccc12.[Cl-].[Cl-].[Ti+2]. The van der Waals surface area contributed by atoms with Gasteiger partial charge in [0, 0.05) is 0 Å². The molecule has 0 aromatic heterocycles. The Balaban J connectivity index is 0. The van der Waals surface area contributed by atoms with Gasteiger partial charge in [0.25, 0.3) is 0 Å². The van der Waals surface area contributed by atoms with Crippen LogP contribution in [0.3, 0.4) is 0 Å². The van der Waals surface area contributed by atoms with Gasteiger partial charge in [-0.2, -0.15) is 19.0 Å². The zero-order valence-electron chi connectivity index (χ0n) is 14.9. The summed E-state index contributed by atoms with van der Waals surface area (Å²) in [6.45, 7) is 9.13. The second kappa shape index (κ2) is 13.5. The summed E-state index contributed by atoms with van der Waals surface area (Å²) in [5.41, 5.74) is 11.8. The predicted octanol–water partition coefficient (Wildman–Crippen LogP) is 0.600. The van der Waals surface area contributed by atoms with Gasteiger partial charge in [-0.25, -0.2) is 0 Å². The molecule has 3 rings (SSSR count). The van der Waals surface area contributed by atoms with Gasteiger partial charge >= 0.3 is 21.7 Å². The molecule has 0 atom stereocenters. The molecule has 0 unspecified atom stereocenters. The molecule has 25 heavy (non-hydrogen) atoms. The summed E-state index contributed by atoms with van der Waals surface area (Å²) in [6, 6.07) is 12.8. The first-order valence-electron chi connectivity index (χ1n) is 8.04. The van der Waals surface area contributed by atoms with E-state index in [1.165, 1.54) is 27.5 Å². The van der Waals surface area contributed by atoms with Crippen molar-refractivity contribution in [2.45, 2.75) is 33.1 Å². The summed E-state index contributed by atoms with van der Waals surface area (Å²) in [4.78, 5) is 0. The number of halogens is 2. The summed E-state index contributed by atoms with van der Waals surface area (Å²) in [6.07, 6.45) is 7.67. The number of fused-ring (bicyclic) bond motifs is 1. The van der Waals surface area contributed by atoms with Crippen LogP contribution in [0.25, 0.3) is 22.1 Å². The van der Waals surface area contributed by atoms with Crippen molar-refractivity contribution in [3.8, 4) is 0 Å². The monoisotopic (exact) mass is 409 g/mol. The van der Waals surface area contributed by atoms with Gasteiger partial charge in [0.05, 0.1) is 0 Å². The van der Waals surface area contributed by atoms with Crippen LogP contribution in [0.15, 0.2) is 54.1 Å². The van der Waals surface area contributed by atoms with Crippen LogP contribution in [-0.4, -0.2) is 6.54 Å². The molecule has 1 aliphatic rings. The first kappa shape index (κ1) is 26.5. The number of allylic oxidation sites excluding steroid dienone is 4. The molecular weight excluding hydrogens is 385 g/mol. The van der Waals surface area contributed by atoms with Crippen molar-refractivity contribution in [3.05, 3.63) is 77.9 Å². The maximum atomic E-state index is 6.60. The Hall–Kier alpha value is -0.696. The number of hydrogen-bond donors (Lipinski definition) is 0. The Morgan fingerprint density at radius 2 is 1.76 bits per heavy atom. The van der Waals surface area contributed by atoms with Gasteiger partial charge in [-0.05, 0) is 13.3 Å². The van der Waals surface area contributed by atoms with Crippen molar-refractivity contribution in [2.75, 3.05) is 6.54 Å². The smallest absolute Gasteiger partial charge is 1.00 e. The van der Waals surface area contributed by atoms with E-state index in [0.29, 0.717) is 6.54 Å². The van der Waals surface area contributed by atoms with E-state index >= 15 is 0 Å². The molecule has 2 aromatic rings. The van der Waals surface area contributed by atoms with Gasteiger partial charge in [0.1, 0.15) is 0 Å². The first-order chi connectivity index (χ1) is 10.7. The second-order valence-electron chi connectivity index (χ2n) is 5.68. The number of nitrogens with one attached hydrogen (secondary N) is 1. The molecule has 0 bridgehead atoms. The van der Waals surface area contributed by atoms with E-state index in [-0.39, 0.29) is 46.5 Å². The second-order valence-corrected chi connectivity index (χ2v) is 5.68. The quantitative estimate of drug-likeness (QED) is 0.523. The minimum atomic E-state index is 0. The number of benzene rings is 2. The first-order valence-corrected chi connectivity index (χ1v) is 8.04. The summed E-state index contributed by atoms with van der Waals surface area (Å²) < 4.78 is 0. The van der Waals surface area contributed by atoms with E-state index in [1.807, 2.05) is 0 Å². The predicted molar refractivity (Wildman–Crippen MR) is 98.9 cm³/mol. The van der Waals surface area contributed by atoms with E-state index < -0.39 is 0 Å². The van der Waals surface area contributed by atoms with Gasteiger partial charge in [0.2, 0.25) is 0 Å². The van der Waals surface area contributed by atoms with E-state index in [1.54, 1.807) is 0 Å². The van der Waals surface area contributed by atoms with E-state index in [2.05, 4.69) is 69.3 Å². The summed E-state index contributed by atoms with van der Waals surface area (Å²) in [5, 5.41) is 2.53. The maximum Gasteiger partial charge on any atom is 2.00 e. The van der Waals surface area contributed by atoms with E-state index in [4.69, 9.17) is 5.73 Å². The van der Waals surface area contributed by atoms with Crippen molar-refractivity contribution >= 4 is 16.3 Å². The largest absolute Gasteiger partial charge is 2.00 e. The van der Waals surface area contributed by atoms with Crippen molar-refractivity contribution in [1.29, 1.82) is 0 Å². The zero-order chi connectivity index (χ0) is 15.9. The zero-order valence-corrected chi connectivity index (χ0v) is 18.0. The Labute approximate surface area is 179 Å². The van der Waals surface area contributed by atoms with Crippen LogP contribution in [0.4, 0.5) is 0 Å². The Morgan fingerprint density at radius 1 is 1.08 bits per heavy atom. The van der Waals surface area contributed by atoms with Crippen LogP contribution in [0, 0.1) is 6.92 Å². The molecule has 0 aliphatic heterocycles. The molecule has 1 nitrogen and oxygen atoms in total. The molecule has 2 aromatic carbocycles. The molecule has 0 fully saturated rings. The van der Waals surface area contributed by atoms with Crippen LogP contribution in [0.2, 0.25) is 0 Å². The number of hydrogen-bond acceptors (Lipinski definition) is 0. The Bertz CT molecular complexity index is 706. The van der Waals surface area contributed by atoms with Crippen molar-refractivity contribution in [3.63, 3.8) is 0 Å². The third-order valence-corrected chi connectivity index (χ3v) is 4.06. The average Bonchev–Trinajstić information content (AvgIpc) is 2.95.